The number of carbonyl (C=O) groups excluding carboxylic acids is 5. The van der Waals surface area contributed by atoms with Crippen LogP contribution >= 0.6 is 0 Å². The first-order valence-electron chi connectivity index (χ1n) is 15.0. The molecular formula is C30H51N5O5. The van der Waals surface area contributed by atoms with Crippen molar-refractivity contribution in [3.05, 3.63) is 0 Å². The van der Waals surface area contributed by atoms with E-state index in [-0.39, 0.29) is 23.2 Å². The van der Waals surface area contributed by atoms with Gasteiger partial charge >= 0.3 is 6.03 Å². The fraction of sp³-hybridized carbons (Fsp3) is 0.833. The van der Waals surface area contributed by atoms with Crippen LogP contribution in [0, 0.1) is 22.7 Å². The van der Waals surface area contributed by atoms with Crippen LogP contribution in [0.4, 0.5) is 4.79 Å². The number of urea groups is 1. The lowest BCUT2D eigenvalue weighted by molar-refractivity contribution is -0.145. The van der Waals surface area contributed by atoms with Crippen molar-refractivity contribution in [1.29, 1.82) is 0 Å². The molecule has 0 radical (unpaired) electrons. The molecule has 0 aromatic heterocycles. The highest BCUT2D eigenvalue weighted by molar-refractivity contribution is 6.37. The summed E-state index contributed by atoms with van der Waals surface area (Å²) < 4.78 is 0. The monoisotopic (exact) mass is 561 g/mol. The zero-order valence-corrected chi connectivity index (χ0v) is 25.5. The third-order valence-electron chi connectivity index (χ3n) is 9.24. The van der Waals surface area contributed by atoms with Gasteiger partial charge in [0.25, 0.3) is 5.91 Å². The number of hydrogen-bond acceptors (Lipinski definition) is 5. The Bertz CT molecular complexity index is 1000. The zero-order valence-electron chi connectivity index (χ0n) is 25.5. The van der Waals surface area contributed by atoms with E-state index in [1.807, 2.05) is 34.6 Å². The molecular weight excluding hydrogens is 510 g/mol. The number of fused-ring (bicyclic) bond motifs is 3. The average Bonchev–Trinajstić information content (AvgIpc) is 3.15. The summed E-state index contributed by atoms with van der Waals surface area (Å²) in [6.45, 7) is 14.2. The van der Waals surface area contributed by atoms with Gasteiger partial charge < -0.3 is 26.6 Å². The Hall–Kier alpha value is -2.65. The molecule has 1 saturated carbocycles. The lowest BCUT2D eigenvalue weighted by Crippen LogP contribution is -2.62. The predicted molar refractivity (Wildman–Crippen MR) is 153 cm³/mol. The molecule has 3 unspecified atom stereocenters. The summed E-state index contributed by atoms with van der Waals surface area (Å²) in [5.74, 6) is -2.56. The number of Topliss-reactive ketones (excluding diaryl/α,β-unsaturated/α-hetero) is 1. The summed E-state index contributed by atoms with van der Waals surface area (Å²) in [6, 6.07) is -3.08. The molecule has 40 heavy (non-hydrogen) atoms. The fourth-order valence-electron chi connectivity index (χ4n) is 6.73. The Morgan fingerprint density at radius 3 is 2.10 bits per heavy atom. The zero-order chi connectivity index (χ0) is 30.0. The van der Waals surface area contributed by atoms with Crippen molar-refractivity contribution in [2.45, 2.75) is 130 Å². The molecule has 3 rings (SSSR count). The second-order valence-electron chi connectivity index (χ2n) is 14.5. The number of carbonyl (C=O) groups is 5. The minimum atomic E-state index is -1.07. The van der Waals surface area contributed by atoms with Gasteiger partial charge in [-0.1, -0.05) is 72.6 Å². The maximum absolute atomic E-state index is 14.3. The number of nitrogens with zero attached hydrogens (tertiary/aromatic N) is 1. The smallest absolute Gasteiger partial charge is 0.315 e. The summed E-state index contributed by atoms with van der Waals surface area (Å²) in [4.78, 5) is 67.2. The molecule has 1 aliphatic carbocycles. The second kappa shape index (κ2) is 12.1. The number of ketones is 1. The van der Waals surface area contributed by atoms with E-state index in [0.717, 1.165) is 44.9 Å². The topological polar surface area (TPSA) is 151 Å². The third kappa shape index (κ3) is 7.35. The summed E-state index contributed by atoms with van der Waals surface area (Å²) >= 11 is 0. The van der Waals surface area contributed by atoms with Crippen molar-refractivity contribution in [1.82, 2.24) is 20.9 Å². The van der Waals surface area contributed by atoms with Crippen molar-refractivity contribution in [3.63, 3.8) is 0 Å². The van der Waals surface area contributed by atoms with Gasteiger partial charge in [-0.05, 0) is 56.3 Å². The average molecular weight is 562 g/mol. The van der Waals surface area contributed by atoms with Crippen LogP contribution in [0.15, 0.2) is 0 Å². The van der Waals surface area contributed by atoms with E-state index >= 15 is 0 Å². The quantitative estimate of drug-likeness (QED) is 0.391. The first-order chi connectivity index (χ1) is 18.5. The van der Waals surface area contributed by atoms with Crippen LogP contribution in [0.5, 0.6) is 0 Å². The van der Waals surface area contributed by atoms with Crippen LogP contribution < -0.4 is 21.7 Å². The van der Waals surface area contributed by atoms with Crippen molar-refractivity contribution in [2.75, 3.05) is 6.54 Å². The standard InChI is InChI=1S/C30H51N5O5/c1-28(2,3)34-27(40)33-23-26(39)35-17-18-20(30(18,6)7)21(35)25(38)32-19(22(36)24(31)37)15-13-11-9-8-10-12-14-16-29(23,4)5/h18-21,23H,8-17H2,1-7H3,(H2,31,37)(H,32,38)(H2,33,34,40)/t18?,19-,20?,21-,23?/m0/s1. The highest BCUT2D eigenvalue weighted by Crippen LogP contribution is 2.65. The molecule has 226 valence electrons. The maximum atomic E-state index is 14.3. The van der Waals surface area contributed by atoms with E-state index in [9.17, 15) is 24.0 Å². The van der Waals surface area contributed by atoms with Crippen LogP contribution in [-0.4, -0.2) is 64.6 Å². The lowest BCUT2D eigenvalue weighted by Gasteiger charge is -2.40. The minimum Gasteiger partial charge on any atom is -0.363 e. The molecule has 0 bridgehead atoms. The van der Waals surface area contributed by atoms with Crippen molar-refractivity contribution in [3.8, 4) is 0 Å². The molecule has 2 aliphatic heterocycles. The molecule has 0 aromatic rings. The Kier molecular flexibility index (Phi) is 9.62. The summed E-state index contributed by atoms with van der Waals surface area (Å²) in [5.41, 5.74) is 4.14. The van der Waals surface area contributed by atoms with Gasteiger partial charge in [-0.3, -0.25) is 19.2 Å². The molecule has 5 N–H and O–H groups in total. The molecule has 3 aliphatic rings. The van der Waals surface area contributed by atoms with E-state index in [2.05, 4.69) is 29.8 Å². The molecule has 5 atom stereocenters. The highest BCUT2D eigenvalue weighted by Gasteiger charge is 2.70. The molecule has 3 fully saturated rings. The Balaban J connectivity index is 1.96. The number of piperidine rings is 1. The second-order valence-corrected chi connectivity index (χ2v) is 14.5. The molecule has 2 saturated heterocycles. The number of nitrogens with two attached hydrogens (primary N) is 1. The van der Waals surface area contributed by atoms with Crippen LogP contribution in [0.1, 0.15) is 106 Å². The van der Waals surface area contributed by atoms with Gasteiger partial charge in [-0.2, -0.15) is 0 Å². The van der Waals surface area contributed by atoms with Gasteiger partial charge in [-0.25, -0.2) is 4.79 Å². The number of hydrogen-bond donors (Lipinski definition) is 4. The number of primary amides is 1. The van der Waals surface area contributed by atoms with E-state index in [0.29, 0.717) is 19.4 Å². The maximum Gasteiger partial charge on any atom is 0.315 e. The van der Waals surface area contributed by atoms with Crippen molar-refractivity contribution in [2.24, 2.45) is 28.4 Å². The van der Waals surface area contributed by atoms with E-state index in [1.54, 1.807) is 4.90 Å². The van der Waals surface area contributed by atoms with Gasteiger partial charge in [0, 0.05) is 12.1 Å². The van der Waals surface area contributed by atoms with Crippen molar-refractivity contribution < 1.29 is 24.0 Å². The third-order valence-corrected chi connectivity index (χ3v) is 9.24. The van der Waals surface area contributed by atoms with Gasteiger partial charge in [0.15, 0.2) is 0 Å². The van der Waals surface area contributed by atoms with Crippen LogP contribution in [0.2, 0.25) is 0 Å². The number of nitrogens with one attached hydrogen (secondary N) is 3. The fourth-order valence-corrected chi connectivity index (χ4v) is 6.73. The van der Waals surface area contributed by atoms with Crippen LogP contribution in [-0.2, 0) is 19.2 Å². The van der Waals surface area contributed by atoms with E-state index in [1.165, 1.54) is 0 Å². The number of amides is 5. The summed E-state index contributed by atoms with van der Waals surface area (Å²) in [6.07, 6.45) is 7.71. The molecule has 0 spiro atoms. The summed E-state index contributed by atoms with van der Waals surface area (Å²) in [5, 5.41) is 8.66. The molecule has 10 heteroatoms. The minimum absolute atomic E-state index is 0.0740. The van der Waals surface area contributed by atoms with E-state index in [4.69, 9.17) is 5.73 Å². The van der Waals surface area contributed by atoms with E-state index < -0.39 is 52.7 Å². The number of rotatable bonds is 3. The predicted octanol–water partition coefficient (Wildman–Crippen LogP) is 3.03. The largest absolute Gasteiger partial charge is 0.363 e. The van der Waals surface area contributed by atoms with Crippen LogP contribution in [0.25, 0.3) is 0 Å². The highest BCUT2D eigenvalue weighted by atomic mass is 16.2. The van der Waals surface area contributed by atoms with Gasteiger partial charge in [0.1, 0.15) is 12.1 Å². The first kappa shape index (κ1) is 31.9. The van der Waals surface area contributed by atoms with Crippen molar-refractivity contribution >= 4 is 29.5 Å². The lowest BCUT2D eigenvalue weighted by atomic mass is 9.78. The Morgan fingerprint density at radius 2 is 1.52 bits per heavy atom. The van der Waals surface area contributed by atoms with Gasteiger partial charge in [0.05, 0.1) is 6.04 Å². The van der Waals surface area contributed by atoms with Gasteiger partial charge in [-0.15, -0.1) is 0 Å². The Morgan fingerprint density at radius 1 is 0.950 bits per heavy atom. The Labute approximate surface area is 239 Å². The van der Waals surface area contributed by atoms with Gasteiger partial charge in [0.2, 0.25) is 17.6 Å². The molecule has 10 nitrogen and oxygen atoms in total. The molecule has 2 heterocycles. The molecule has 0 aromatic carbocycles. The molecule has 5 amide bonds. The normalized spacial score (nSPS) is 31.2. The summed E-state index contributed by atoms with van der Waals surface area (Å²) in [7, 11) is 0. The first-order valence-corrected chi connectivity index (χ1v) is 15.0. The SMILES string of the molecule is CC(C)(C)NC(=O)NC1C(=O)N2CC3C([C@H]2C(=O)N[C@H](C(=O)C(N)=O)CCCCCCCCCC1(C)C)C3(C)C. The van der Waals surface area contributed by atoms with Crippen LogP contribution in [0.3, 0.4) is 0 Å².